The van der Waals surface area contributed by atoms with E-state index in [1.165, 1.54) is 24.3 Å². The van der Waals surface area contributed by atoms with Gasteiger partial charge in [0.2, 0.25) is 5.91 Å². The van der Waals surface area contributed by atoms with Crippen LogP contribution in [-0.2, 0) is 11.3 Å². The van der Waals surface area contributed by atoms with E-state index in [1.54, 1.807) is 35.8 Å². The largest absolute Gasteiger partial charge is 0.478 e. The van der Waals surface area contributed by atoms with Crippen molar-refractivity contribution in [2.75, 3.05) is 11.1 Å². The summed E-state index contributed by atoms with van der Waals surface area (Å²) in [5.74, 6) is -1.34. The highest BCUT2D eigenvalue weighted by atomic mass is 35.5. The van der Waals surface area contributed by atoms with Crippen LogP contribution in [0.2, 0.25) is 10.0 Å². The second-order valence-corrected chi connectivity index (χ2v) is 9.07. The summed E-state index contributed by atoms with van der Waals surface area (Å²) >= 11 is 13.2. The minimum absolute atomic E-state index is 0.00764. The maximum Gasteiger partial charge on any atom is 0.335 e. The number of nitrogens with one attached hydrogen (secondary N) is 2. The predicted octanol–water partition coefficient (Wildman–Crippen LogP) is 4.69. The lowest BCUT2D eigenvalue weighted by Gasteiger charge is -2.16. The molecule has 0 aliphatic carbocycles. The van der Waals surface area contributed by atoms with E-state index in [0.717, 1.165) is 11.8 Å². The lowest BCUT2D eigenvalue weighted by atomic mass is 10.2. The Morgan fingerprint density at radius 2 is 1.97 bits per heavy atom. The zero-order chi connectivity index (χ0) is 25.5. The lowest BCUT2D eigenvalue weighted by Crippen LogP contribution is -2.29. The number of aromatic carboxylic acids is 1. The molecule has 3 rings (SSSR count). The molecule has 0 aliphatic heterocycles. The van der Waals surface area contributed by atoms with Gasteiger partial charge in [-0.05, 0) is 43.3 Å². The first-order valence-corrected chi connectivity index (χ1v) is 12.0. The Labute approximate surface area is 215 Å². The van der Waals surface area contributed by atoms with Crippen LogP contribution in [0.5, 0.6) is 0 Å². The van der Waals surface area contributed by atoms with Gasteiger partial charge in [0.25, 0.3) is 5.91 Å². The monoisotopic (exact) mass is 533 g/mol. The third-order valence-electron chi connectivity index (χ3n) is 4.69. The highest BCUT2D eigenvalue weighted by Gasteiger charge is 2.21. The molecule has 0 fully saturated rings. The van der Waals surface area contributed by atoms with E-state index in [0.29, 0.717) is 28.2 Å². The molecule has 9 nitrogen and oxygen atoms in total. The summed E-state index contributed by atoms with van der Waals surface area (Å²) in [6.45, 7) is 5.86. The van der Waals surface area contributed by atoms with Crippen LogP contribution in [0.1, 0.15) is 39.5 Å². The van der Waals surface area contributed by atoms with Crippen molar-refractivity contribution < 1.29 is 19.5 Å². The van der Waals surface area contributed by atoms with Crippen molar-refractivity contribution in [2.24, 2.45) is 0 Å². The quantitative estimate of drug-likeness (QED) is 0.255. The number of benzene rings is 2. The van der Waals surface area contributed by atoms with E-state index in [1.807, 2.05) is 0 Å². The van der Waals surface area contributed by atoms with Crippen molar-refractivity contribution in [3.05, 3.63) is 82.1 Å². The Bertz CT molecular complexity index is 1280. The third-order valence-corrected chi connectivity index (χ3v) is 6.21. The molecule has 0 radical (unpaired) electrons. The van der Waals surface area contributed by atoms with Gasteiger partial charge in [0, 0.05) is 17.3 Å². The Balaban J connectivity index is 1.68. The third kappa shape index (κ3) is 6.84. The number of carboxylic acid groups (broad SMARTS) is 1. The maximum absolute atomic E-state index is 12.7. The molecule has 0 saturated heterocycles. The molecule has 0 unspecified atom stereocenters. The van der Waals surface area contributed by atoms with Crippen LogP contribution in [-0.4, -0.2) is 43.4 Å². The van der Waals surface area contributed by atoms with E-state index in [2.05, 4.69) is 27.4 Å². The Morgan fingerprint density at radius 3 is 2.66 bits per heavy atom. The number of hydrogen-bond acceptors (Lipinski definition) is 6. The van der Waals surface area contributed by atoms with Gasteiger partial charge in [0.05, 0.1) is 27.9 Å². The molecule has 0 spiro atoms. The molecule has 12 heteroatoms. The smallest absolute Gasteiger partial charge is 0.335 e. The first kappa shape index (κ1) is 26.3. The van der Waals surface area contributed by atoms with E-state index in [-0.39, 0.29) is 27.8 Å². The molecule has 1 aromatic heterocycles. The lowest BCUT2D eigenvalue weighted by molar-refractivity contribution is -0.113. The summed E-state index contributed by atoms with van der Waals surface area (Å²) in [6, 6.07) is 10.0. The SMILES string of the molecule is C=CCn1c(SCC(=O)Nc2cccc(C(=O)O)c2)nnc1[C@@H](C)NC(=O)c1ccc(Cl)cc1Cl. The number of rotatable bonds is 10. The molecule has 3 N–H and O–H groups in total. The Hall–Kier alpha value is -3.34. The summed E-state index contributed by atoms with van der Waals surface area (Å²) in [5.41, 5.74) is 0.721. The van der Waals surface area contributed by atoms with Crippen molar-refractivity contribution in [2.45, 2.75) is 24.7 Å². The average molecular weight is 534 g/mol. The van der Waals surface area contributed by atoms with Gasteiger partial charge in [-0.25, -0.2) is 4.79 Å². The molecular weight excluding hydrogens is 513 g/mol. The first-order valence-electron chi connectivity index (χ1n) is 10.3. The van der Waals surface area contributed by atoms with Crippen molar-refractivity contribution in [1.29, 1.82) is 0 Å². The van der Waals surface area contributed by atoms with Crippen LogP contribution in [0.25, 0.3) is 0 Å². The molecule has 182 valence electrons. The number of carbonyl (C=O) groups is 3. The van der Waals surface area contributed by atoms with E-state index < -0.39 is 17.9 Å². The average Bonchev–Trinajstić information content (AvgIpc) is 3.20. The van der Waals surface area contributed by atoms with Gasteiger partial charge in [0.15, 0.2) is 11.0 Å². The van der Waals surface area contributed by atoms with Gasteiger partial charge in [-0.3, -0.25) is 9.59 Å². The molecule has 2 amide bonds. The van der Waals surface area contributed by atoms with Crippen LogP contribution in [0.15, 0.2) is 60.3 Å². The normalized spacial score (nSPS) is 11.5. The summed E-state index contributed by atoms with van der Waals surface area (Å²) < 4.78 is 1.74. The molecule has 2 aromatic carbocycles. The number of hydrogen-bond donors (Lipinski definition) is 3. The fourth-order valence-electron chi connectivity index (χ4n) is 3.10. The molecule has 0 saturated carbocycles. The number of aromatic nitrogens is 3. The van der Waals surface area contributed by atoms with Crippen molar-refractivity contribution in [3.8, 4) is 0 Å². The summed E-state index contributed by atoms with van der Waals surface area (Å²) in [4.78, 5) is 36.2. The van der Waals surface area contributed by atoms with Crippen molar-refractivity contribution in [3.63, 3.8) is 0 Å². The van der Waals surface area contributed by atoms with Crippen molar-refractivity contribution >= 4 is 58.4 Å². The van der Waals surface area contributed by atoms with Gasteiger partial charge in [-0.15, -0.1) is 16.8 Å². The van der Waals surface area contributed by atoms with Gasteiger partial charge >= 0.3 is 5.97 Å². The number of halogens is 2. The van der Waals surface area contributed by atoms with Gasteiger partial charge in [0.1, 0.15) is 0 Å². The van der Waals surface area contributed by atoms with E-state index >= 15 is 0 Å². The molecule has 1 heterocycles. The highest BCUT2D eigenvalue weighted by molar-refractivity contribution is 7.99. The summed E-state index contributed by atoms with van der Waals surface area (Å²) in [5, 5.41) is 24.0. The number of thioether (sulfide) groups is 1. The number of nitrogens with zero attached hydrogens (tertiary/aromatic N) is 3. The summed E-state index contributed by atoms with van der Waals surface area (Å²) in [6.07, 6.45) is 1.65. The Morgan fingerprint density at radius 1 is 1.20 bits per heavy atom. The predicted molar refractivity (Wildman–Crippen MR) is 135 cm³/mol. The number of carboxylic acids is 1. The van der Waals surface area contributed by atoms with Crippen LogP contribution < -0.4 is 10.6 Å². The zero-order valence-corrected chi connectivity index (χ0v) is 20.8. The highest BCUT2D eigenvalue weighted by Crippen LogP contribution is 2.24. The van der Waals surface area contributed by atoms with Crippen LogP contribution >= 0.6 is 35.0 Å². The number of carbonyl (C=O) groups excluding carboxylic acids is 2. The minimum atomic E-state index is -1.08. The number of allylic oxidation sites excluding steroid dienone is 1. The fourth-order valence-corrected chi connectivity index (χ4v) is 4.35. The minimum Gasteiger partial charge on any atom is -0.478 e. The first-order chi connectivity index (χ1) is 16.7. The zero-order valence-electron chi connectivity index (χ0n) is 18.5. The van der Waals surface area contributed by atoms with Gasteiger partial charge < -0.3 is 20.3 Å². The fraction of sp³-hybridized carbons (Fsp3) is 0.174. The van der Waals surface area contributed by atoms with Crippen molar-refractivity contribution in [1.82, 2.24) is 20.1 Å². The standard InChI is InChI=1S/C23H21Cl2N5O4S/c1-3-9-30-20(13(2)26-21(32)17-8-7-15(24)11-18(17)25)28-29-23(30)35-12-19(31)27-16-6-4-5-14(10-16)22(33)34/h3-8,10-11,13H,1,9,12H2,2H3,(H,26,32)(H,27,31)(H,33,34)/t13-/m1/s1. The second-order valence-electron chi connectivity index (χ2n) is 7.28. The van der Waals surface area contributed by atoms with Crippen LogP contribution in [0, 0.1) is 0 Å². The molecular formula is C23H21Cl2N5O4S. The molecule has 35 heavy (non-hydrogen) atoms. The molecule has 1 atom stereocenters. The number of anilines is 1. The van der Waals surface area contributed by atoms with Crippen LogP contribution in [0.3, 0.4) is 0 Å². The topological polar surface area (TPSA) is 126 Å². The molecule has 3 aromatic rings. The van der Waals surface area contributed by atoms with Crippen LogP contribution in [0.4, 0.5) is 5.69 Å². The Kier molecular flexibility index (Phi) is 8.91. The molecule has 0 aliphatic rings. The van der Waals surface area contributed by atoms with E-state index in [9.17, 15) is 14.4 Å². The molecule has 0 bridgehead atoms. The number of amides is 2. The summed E-state index contributed by atoms with van der Waals surface area (Å²) in [7, 11) is 0. The maximum atomic E-state index is 12.7. The van der Waals surface area contributed by atoms with Gasteiger partial charge in [-0.2, -0.15) is 0 Å². The van der Waals surface area contributed by atoms with E-state index in [4.69, 9.17) is 28.3 Å². The van der Waals surface area contributed by atoms with Gasteiger partial charge in [-0.1, -0.05) is 47.1 Å². The second kappa shape index (κ2) is 11.9.